The maximum Gasteiger partial charge on any atom is 0.227 e. The van der Waals surface area contributed by atoms with Crippen molar-refractivity contribution >= 4 is 5.91 Å². The summed E-state index contributed by atoms with van der Waals surface area (Å²) < 4.78 is 13.8. The molecular weight excluding hydrogens is 305 g/mol. The molecule has 0 spiro atoms. The van der Waals surface area contributed by atoms with Gasteiger partial charge in [-0.15, -0.1) is 0 Å². The van der Waals surface area contributed by atoms with Crippen molar-refractivity contribution in [1.29, 1.82) is 0 Å². The highest BCUT2D eigenvalue weighted by molar-refractivity contribution is 5.79. The molecule has 1 saturated heterocycles. The molecule has 2 atom stereocenters. The fraction of sp³-hybridized carbons (Fsp3) is 0.350. The van der Waals surface area contributed by atoms with E-state index in [2.05, 4.69) is 0 Å². The SMILES string of the molecule is O=C(Cc1ccccc1F)N1CCCC1CC(O)c1ccccc1. The average molecular weight is 327 g/mol. The molecular formula is C20H22FNO2. The van der Waals surface area contributed by atoms with Crippen molar-refractivity contribution < 1.29 is 14.3 Å². The second-order valence-electron chi connectivity index (χ2n) is 6.31. The van der Waals surface area contributed by atoms with Crippen LogP contribution in [-0.2, 0) is 11.2 Å². The number of carbonyl (C=O) groups is 1. The van der Waals surface area contributed by atoms with E-state index >= 15 is 0 Å². The minimum Gasteiger partial charge on any atom is -0.388 e. The van der Waals surface area contributed by atoms with Gasteiger partial charge in [0.15, 0.2) is 0 Å². The zero-order valence-electron chi connectivity index (χ0n) is 13.6. The summed E-state index contributed by atoms with van der Waals surface area (Å²) in [5, 5.41) is 10.4. The average Bonchev–Trinajstić information content (AvgIpc) is 3.06. The first-order valence-electron chi connectivity index (χ1n) is 8.41. The first-order valence-corrected chi connectivity index (χ1v) is 8.41. The van der Waals surface area contributed by atoms with Gasteiger partial charge in [-0.25, -0.2) is 4.39 Å². The van der Waals surface area contributed by atoms with Crippen molar-refractivity contribution in [2.45, 2.75) is 37.8 Å². The van der Waals surface area contributed by atoms with Gasteiger partial charge in [0.1, 0.15) is 5.82 Å². The largest absolute Gasteiger partial charge is 0.388 e. The molecule has 1 aliphatic heterocycles. The van der Waals surface area contributed by atoms with E-state index in [1.165, 1.54) is 6.07 Å². The first kappa shape index (κ1) is 16.7. The molecule has 1 amide bonds. The minimum absolute atomic E-state index is 0.0134. The maximum absolute atomic E-state index is 13.8. The van der Waals surface area contributed by atoms with Gasteiger partial charge in [-0.05, 0) is 36.5 Å². The number of likely N-dealkylation sites (tertiary alicyclic amines) is 1. The van der Waals surface area contributed by atoms with Crippen LogP contribution in [0.2, 0.25) is 0 Å². The predicted molar refractivity (Wildman–Crippen MR) is 90.9 cm³/mol. The topological polar surface area (TPSA) is 40.5 Å². The summed E-state index contributed by atoms with van der Waals surface area (Å²) in [6, 6.07) is 15.9. The van der Waals surface area contributed by atoms with Crippen LogP contribution in [0.5, 0.6) is 0 Å². The number of halogens is 1. The molecule has 3 rings (SSSR count). The number of rotatable bonds is 5. The van der Waals surface area contributed by atoms with Crippen LogP contribution >= 0.6 is 0 Å². The Labute approximate surface area is 141 Å². The Bertz CT molecular complexity index is 689. The summed E-state index contributed by atoms with van der Waals surface area (Å²) in [5.41, 5.74) is 1.29. The summed E-state index contributed by atoms with van der Waals surface area (Å²) in [6.45, 7) is 0.680. The monoisotopic (exact) mass is 327 g/mol. The van der Waals surface area contributed by atoms with Crippen molar-refractivity contribution in [3.63, 3.8) is 0 Å². The van der Waals surface area contributed by atoms with Crippen LogP contribution < -0.4 is 0 Å². The number of carbonyl (C=O) groups excluding carboxylic acids is 1. The molecule has 1 aliphatic rings. The van der Waals surface area contributed by atoms with Crippen LogP contribution in [0.1, 0.15) is 36.5 Å². The van der Waals surface area contributed by atoms with E-state index in [1.54, 1.807) is 23.1 Å². The predicted octanol–water partition coefficient (Wildman–Crippen LogP) is 3.48. The number of nitrogens with zero attached hydrogens (tertiary/aromatic N) is 1. The Kier molecular flexibility index (Phi) is 5.26. The van der Waals surface area contributed by atoms with Gasteiger partial charge in [-0.1, -0.05) is 48.5 Å². The number of benzene rings is 2. The van der Waals surface area contributed by atoms with Gasteiger partial charge in [-0.3, -0.25) is 4.79 Å². The van der Waals surface area contributed by atoms with Crippen LogP contribution in [0.4, 0.5) is 4.39 Å². The zero-order chi connectivity index (χ0) is 16.9. The fourth-order valence-electron chi connectivity index (χ4n) is 3.38. The van der Waals surface area contributed by atoms with E-state index in [9.17, 15) is 14.3 Å². The summed E-state index contributed by atoms with van der Waals surface area (Å²) in [6.07, 6.45) is 1.82. The van der Waals surface area contributed by atoms with E-state index in [1.807, 2.05) is 30.3 Å². The Hall–Kier alpha value is -2.20. The van der Waals surface area contributed by atoms with Gasteiger partial charge >= 0.3 is 0 Å². The Morgan fingerprint density at radius 2 is 1.88 bits per heavy atom. The third kappa shape index (κ3) is 3.82. The molecule has 3 nitrogen and oxygen atoms in total. The van der Waals surface area contributed by atoms with E-state index in [-0.39, 0.29) is 24.2 Å². The van der Waals surface area contributed by atoms with Crippen LogP contribution in [0.3, 0.4) is 0 Å². The number of aliphatic hydroxyl groups excluding tert-OH is 1. The second-order valence-corrected chi connectivity index (χ2v) is 6.31. The lowest BCUT2D eigenvalue weighted by molar-refractivity contribution is -0.131. The van der Waals surface area contributed by atoms with Gasteiger partial charge < -0.3 is 10.0 Å². The molecule has 1 heterocycles. The smallest absolute Gasteiger partial charge is 0.227 e. The summed E-state index contributed by atoms with van der Waals surface area (Å²) in [7, 11) is 0. The van der Waals surface area contributed by atoms with Gasteiger partial charge in [0, 0.05) is 12.6 Å². The zero-order valence-corrected chi connectivity index (χ0v) is 13.6. The molecule has 0 bridgehead atoms. The third-order valence-corrected chi connectivity index (χ3v) is 4.68. The molecule has 0 radical (unpaired) electrons. The van der Waals surface area contributed by atoms with Gasteiger partial charge in [-0.2, -0.15) is 0 Å². The lowest BCUT2D eigenvalue weighted by Gasteiger charge is -2.27. The van der Waals surface area contributed by atoms with E-state index in [4.69, 9.17) is 0 Å². The van der Waals surface area contributed by atoms with Gasteiger partial charge in [0.25, 0.3) is 0 Å². The van der Waals surface area contributed by atoms with Crippen molar-refractivity contribution in [2.24, 2.45) is 0 Å². The normalized spacial score (nSPS) is 18.6. The molecule has 4 heteroatoms. The van der Waals surface area contributed by atoms with Crippen molar-refractivity contribution in [2.75, 3.05) is 6.54 Å². The van der Waals surface area contributed by atoms with E-state index in [0.29, 0.717) is 18.5 Å². The number of hydrogen-bond acceptors (Lipinski definition) is 2. The Morgan fingerprint density at radius 1 is 1.17 bits per heavy atom. The van der Waals surface area contributed by atoms with E-state index in [0.717, 1.165) is 18.4 Å². The van der Waals surface area contributed by atoms with Crippen LogP contribution in [0.25, 0.3) is 0 Å². The summed E-state index contributed by atoms with van der Waals surface area (Å²) in [5.74, 6) is -0.409. The second kappa shape index (κ2) is 7.58. The minimum atomic E-state index is -0.585. The quantitative estimate of drug-likeness (QED) is 0.913. The third-order valence-electron chi connectivity index (χ3n) is 4.68. The summed E-state index contributed by atoms with van der Waals surface area (Å²) in [4.78, 5) is 14.4. The van der Waals surface area contributed by atoms with Crippen LogP contribution in [-0.4, -0.2) is 28.5 Å². The van der Waals surface area contributed by atoms with Crippen molar-refractivity contribution in [1.82, 2.24) is 4.90 Å². The molecule has 0 aliphatic carbocycles. The molecule has 126 valence electrons. The number of amides is 1. The molecule has 24 heavy (non-hydrogen) atoms. The summed E-state index contributed by atoms with van der Waals surface area (Å²) >= 11 is 0. The van der Waals surface area contributed by atoms with E-state index < -0.39 is 6.10 Å². The molecule has 0 aromatic heterocycles. The van der Waals surface area contributed by atoms with Crippen LogP contribution in [0, 0.1) is 5.82 Å². The lowest BCUT2D eigenvalue weighted by atomic mass is 10.00. The maximum atomic E-state index is 13.8. The lowest BCUT2D eigenvalue weighted by Crippen LogP contribution is -2.37. The molecule has 1 fully saturated rings. The number of aliphatic hydroxyl groups is 1. The molecule has 2 aromatic rings. The Balaban J connectivity index is 1.65. The fourth-order valence-corrected chi connectivity index (χ4v) is 3.38. The van der Waals surface area contributed by atoms with Crippen molar-refractivity contribution in [3.8, 4) is 0 Å². The van der Waals surface area contributed by atoms with Crippen molar-refractivity contribution in [3.05, 3.63) is 71.5 Å². The van der Waals surface area contributed by atoms with Crippen LogP contribution in [0.15, 0.2) is 54.6 Å². The molecule has 0 saturated carbocycles. The molecule has 1 N–H and O–H groups in total. The first-order chi connectivity index (χ1) is 11.6. The highest BCUT2D eigenvalue weighted by atomic mass is 19.1. The standard InChI is InChI=1S/C20H22FNO2/c21-18-11-5-4-9-16(18)13-20(24)22-12-6-10-17(22)14-19(23)15-7-2-1-3-8-15/h1-5,7-9,11,17,19,23H,6,10,12-14H2. The highest BCUT2D eigenvalue weighted by Crippen LogP contribution is 2.28. The van der Waals surface area contributed by atoms with Gasteiger partial charge in [0.2, 0.25) is 5.91 Å². The highest BCUT2D eigenvalue weighted by Gasteiger charge is 2.30. The molecule has 2 aromatic carbocycles. The molecule has 2 unspecified atom stereocenters. The number of hydrogen-bond donors (Lipinski definition) is 1. The Morgan fingerprint density at radius 3 is 2.62 bits per heavy atom. The van der Waals surface area contributed by atoms with Gasteiger partial charge in [0.05, 0.1) is 12.5 Å².